The van der Waals surface area contributed by atoms with Crippen molar-refractivity contribution >= 4 is 16.9 Å². The van der Waals surface area contributed by atoms with E-state index in [1.54, 1.807) is 0 Å². The largest absolute Gasteiger partial charge is 0.286 e. The normalized spacial score (nSPS) is 20.8. The first kappa shape index (κ1) is 8.82. The molecule has 13 heavy (non-hydrogen) atoms. The maximum Gasteiger partial charge on any atom is 0.201 e. The van der Waals surface area contributed by atoms with Crippen LogP contribution >= 0.6 is 11.8 Å². The summed E-state index contributed by atoms with van der Waals surface area (Å²) in [6.07, 6.45) is 0. The maximum absolute atomic E-state index is 11.6. The van der Waals surface area contributed by atoms with Crippen LogP contribution < -0.4 is 0 Å². The summed E-state index contributed by atoms with van der Waals surface area (Å²) < 4.78 is 0. The van der Waals surface area contributed by atoms with Gasteiger partial charge in [0.25, 0.3) is 0 Å². The molecule has 1 aromatic rings. The second kappa shape index (κ2) is 3.18. The van der Waals surface area contributed by atoms with Crippen LogP contribution in [0.4, 0.5) is 0 Å². The van der Waals surface area contributed by atoms with Crippen molar-refractivity contribution in [2.24, 2.45) is 5.92 Å². The Balaban J connectivity index is 2.46. The average molecular weight is 192 g/mol. The van der Waals surface area contributed by atoms with Gasteiger partial charge >= 0.3 is 0 Å². The summed E-state index contributed by atoms with van der Waals surface area (Å²) in [7, 11) is 0. The zero-order chi connectivity index (χ0) is 9.42. The Labute approximate surface area is 82.5 Å². The molecule has 0 radical (unpaired) electrons. The van der Waals surface area contributed by atoms with E-state index in [1.807, 2.05) is 18.2 Å². The lowest BCUT2D eigenvalue weighted by Crippen LogP contribution is -2.10. The molecule has 2 heteroatoms. The summed E-state index contributed by atoms with van der Waals surface area (Å²) in [5.41, 5.74) is 1.22. The predicted molar refractivity (Wildman–Crippen MR) is 54.9 cm³/mol. The van der Waals surface area contributed by atoms with Crippen LogP contribution in [0.15, 0.2) is 29.2 Å². The minimum atomic E-state index is 0.112. The molecule has 1 heterocycles. The summed E-state index contributed by atoms with van der Waals surface area (Å²) >= 11 is 1.39. The zero-order valence-corrected chi connectivity index (χ0v) is 8.60. The Morgan fingerprint density at radius 2 is 2.00 bits per heavy atom. The lowest BCUT2D eigenvalue weighted by Gasteiger charge is -2.12. The van der Waals surface area contributed by atoms with Crippen LogP contribution in [-0.2, 0) is 4.79 Å². The van der Waals surface area contributed by atoms with Crippen LogP contribution in [0, 0.1) is 5.92 Å². The van der Waals surface area contributed by atoms with E-state index in [-0.39, 0.29) is 5.92 Å². The average Bonchev–Trinajstić information content (AvgIpc) is 2.39. The smallest absolute Gasteiger partial charge is 0.201 e. The van der Waals surface area contributed by atoms with Gasteiger partial charge in [-0.2, -0.15) is 0 Å². The molecule has 1 unspecified atom stereocenters. The Hall–Kier alpha value is -0.760. The Morgan fingerprint density at radius 1 is 1.31 bits per heavy atom. The molecule has 0 saturated carbocycles. The van der Waals surface area contributed by atoms with Crippen molar-refractivity contribution in [2.75, 3.05) is 0 Å². The first-order valence-electron chi connectivity index (χ1n) is 4.51. The first-order chi connectivity index (χ1) is 6.20. The van der Waals surface area contributed by atoms with Crippen molar-refractivity contribution in [3.05, 3.63) is 29.8 Å². The van der Waals surface area contributed by atoms with Crippen LogP contribution in [0.1, 0.15) is 25.3 Å². The second-order valence-electron chi connectivity index (χ2n) is 3.68. The monoisotopic (exact) mass is 192 g/mol. The second-order valence-corrected chi connectivity index (χ2v) is 4.73. The van der Waals surface area contributed by atoms with Crippen molar-refractivity contribution < 1.29 is 4.79 Å². The van der Waals surface area contributed by atoms with Gasteiger partial charge in [-0.05, 0) is 17.5 Å². The predicted octanol–water partition coefficient (Wildman–Crippen LogP) is 3.06. The number of carbonyl (C=O) groups excluding carboxylic acids is 1. The molecule has 0 amide bonds. The minimum absolute atomic E-state index is 0.112. The molecule has 1 aliphatic rings. The molecule has 0 spiro atoms. The number of benzene rings is 1. The number of thioether (sulfide) groups is 1. The molecular weight excluding hydrogens is 180 g/mol. The number of hydrogen-bond acceptors (Lipinski definition) is 2. The van der Waals surface area contributed by atoms with Gasteiger partial charge in [-0.1, -0.05) is 43.8 Å². The fourth-order valence-electron chi connectivity index (χ4n) is 1.76. The van der Waals surface area contributed by atoms with Crippen LogP contribution in [0.2, 0.25) is 0 Å². The third-order valence-corrected chi connectivity index (χ3v) is 3.43. The Kier molecular flexibility index (Phi) is 2.16. The van der Waals surface area contributed by atoms with Crippen LogP contribution in [0.25, 0.3) is 0 Å². The molecule has 0 aromatic heterocycles. The Morgan fingerprint density at radius 3 is 2.69 bits per heavy atom. The van der Waals surface area contributed by atoms with E-state index >= 15 is 0 Å². The minimum Gasteiger partial charge on any atom is -0.286 e. The number of hydrogen-bond donors (Lipinski definition) is 0. The van der Waals surface area contributed by atoms with Crippen molar-refractivity contribution in [1.82, 2.24) is 0 Å². The van der Waals surface area contributed by atoms with E-state index in [0.29, 0.717) is 11.0 Å². The molecule has 0 bridgehead atoms. The molecule has 0 saturated heterocycles. The van der Waals surface area contributed by atoms with Crippen LogP contribution in [0.5, 0.6) is 0 Å². The summed E-state index contributed by atoms with van der Waals surface area (Å²) in [5, 5.41) is 0.302. The molecule has 0 N–H and O–H groups in total. The van der Waals surface area contributed by atoms with Gasteiger partial charge in [-0.3, -0.25) is 4.79 Å². The SMILES string of the molecule is CC(C)C1C(=O)Sc2ccccc21. The third-order valence-electron chi connectivity index (χ3n) is 2.39. The fourth-order valence-corrected chi connectivity index (χ4v) is 2.96. The zero-order valence-electron chi connectivity index (χ0n) is 7.78. The van der Waals surface area contributed by atoms with Gasteiger partial charge in [-0.25, -0.2) is 0 Å². The van der Waals surface area contributed by atoms with Gasteiger partial charge < -0.3 is 0 Å². The van der Waals surface area contributed by atoms with E-state index in [2.05, 4.69) is 19.9 Å². The number of fused-ring (bicyclic) bond motifs is 1. The maximum atomic E-state index is 11.6. The highest BCUT2D eigenvalue weighted by molar-refractivity contribution is 8.14. The van der Waals surface area contributed by atoms with E-state index in [0.717, 1.165) is 4.90 Å². The van der Waals surface area contributed by atoms with Crippen LogP contribution in [0.3, 0.4) is 0 Å². The lowest BCUT2D eigenvalue weighted by molar-refractivity contribution is -0.112. The van der Waals surface area contributed by atoms with E-state index < -0.39 is 0 Å². The van der Waals surface area contributed by atoms with Crippen molar-refractivity contribution in [1.29, 1.82) is 0 Å². The Bertz CT molecular complexity index is 344. The third kappa shape index (κ3) is 1.39. The molecule has 68 valence electrons. The molecule has 1 aliphatic heterocycles. The highest BCUT2D eigenvalue weighted by Gasteiger charge is 2.33. The van der Waals surface area contributed by atoms with Crippen molar-refractivity contribution in [2.45, 2.75) is 24.7 Å². The molecule has 0 aliphatic carbocycles. The summed E-state index contributed by atoms with van der Waals surface area (Å²) in [4.78, 5) is 12.8. The first-order valence-corrected chi connectivity index (χ1v) is 5.32. The summed E-state index contributed by atoms with van der Waals surface area (Å²) in [6, 6.07) is 8.09. The summed E-state index contributed by atoms with van der Waals surface area (Å²) in [6.45, 7) is 4.20. The molecule has 1 atom stereocenters. The number of carbonyl (C=O) groups is 1. The summed E-state index contributed by atoms with van der Waals surface area (Å²) in [5.74, 6) is 0.518. The topological polar surface area (TPSA) is 17.1 Å². The standard InChI is InChI=1S/C11H12OS/c1-7(2)10-8-5-3-4-6-9(8)13-11(10)12/h3-7,10H,1-2H3. The van der Waals surface area contributed by atoms with E-state index in [9.17, 15) is 4.79 Å². The van der Waals surface area contributed by atoms with Gasteiger partial charge in [0.1, 0.15) is 0 Å². The molecular formula is C11H12OS. The van der Waals surface area contributed by atoms with Crippen molar-refractivity contribution in [3.63, 3.8) is 0 Å². The molecule has 1 nitrogen and oxygen atoms in total. The highest BCUT2D eigenvalue weighted by atomic mass is 32.2. The quantitative estimate of drug-likeness (QED) is 0.680. The molecule has 2 rings (SSSR count). The molecule has 1 aromatic carbocycles. The highest BCUT2D eigenvalue weighted by Crippen LogP contribution is 2.44. The van der Waals surface area contributed by atoms with Gasteiger partial charge in [0, 0.05) is 4.90 Å². The van der Waals surface area contributed by atoms with Crippen LogP contribution in [-0.4, -0.2) is 5.12 Å². The van der Waals surface area contributed by atoms with E-state index in [4.69, 9.17) is 0 Å². The lowest BCUT2D eigenvalue weighted by atomic mass is 9.90. The van der Waals surface area contributed by atoms with E-state index in [1.165, 1.54) is 17.3 Å². The number of rotatable bonds is 1. The van der Waals surface area contributed by atoms with Gasteiger partial charge in [-0.15, -0.1) is 0 Å². The van der Waals surface area contributed by atoms with Gasteiger partial charge in [0.2, 0.25) is 5.12 Å². The van der Waals surface area contributed by atoms with Gasteiger partial charge in [0.05, 0.1) is 5.92 Å². The van der Waals surface area contributed by atoms with Crippen molar-refractivity contribution in [3.8, 4) is 0 Å². The fraction of sp³-hybridized carbons (Fsp3) is 0.364. The molecule has 0 fully saturated rings. The van der Waals surface area contributed by atoms with Gasteiger partial charge in [0.15, 0.2) is 0 Å².